The Kier molecular flexibility index (Phi) is 5.18. The van der Waals surface area contributed by atoms with Gasteiger partial charge in [0, 0.05) is 17.6 Å². The number of hydrogen-bond donors (Lipinski definition) is 3. The number of phenols is 1. The summed E-state index contributed by atoms with van der Waals surface area (Å²) in [5.41, 5.74) is -0.132. The Morgan fingerprint density at radius 3 is 2.60 bits per heavy atom. The van der Waals surface area contributed by atoms with Crippen LogP contribution in [0.4, 0.5) is 0 Å². The minimum Gasteiger partial charge on any atom is -0.508 e. The highest BCUT2D eigenvalue weighted by atomic mass is 16.3. The summed E-state index contributed by atoms with van der Waals surface area (Å²) < 4.78 is 0. The number of aromatic hydroxyl groups is 1. The van der Waals surface area contributed by atoms with Crippen molar-refractivity contribution in [3.05, 3.63) is 40.8 Å². The van der Waals surface area contributed by atoms with Crippen LogP contribution >= 0.6 is 0 Å². The van der Waals surface area contributed by atoms with Gasteiger partial charge in [0.1, 0.15) is 5.75 Å². The molecule has 3 N–H and O–H groups in total. The number of phenolic OH excluding ortho intramolecular Hbond substituents is 1. The van der Waals surface area contributed by atoms with Gasteiger partial charge in [-0.3, -0.25) is 4.79 Å². The van der Waals surface area contributed by atoms with E-state index < -0.39 is 0 Å². The molecule has 1 heterocycles. The van der Waals surface area contributed by atoms with Crippen LogP contribution in [0, 0.1) is 0 Å². The number of fused-ring (bicyclic) bond motifs is 1. The normalized spacial score (nSPS) is 15.7. The molecule has 4 nitrogen and oxygen atoms in total. The van der Waals surface area contributed by atoms with Crippen LogP contribution in [0.3, 0.4) is 0 Å². The van der Waals surface area contributed by atoms with Crippen molar-refractivity contribution in [3.8, 4) is 5.75 Å². The number of rotatable bonds is 1. The molecule has 0 unspecified atom stereocenters. The molecule has 0 saturated heterocycles. The quantitative estimate of drug-likeness (QED) is 0.749. The molecule has 20 heavy (non-hydrogen) atoms. The van der Waals surface area contributed by atoms with E-state index in [1.54, 1.807) is 24.4 Å². The Hall–Kier alpha value is -1.81. The maximum absolute atomic E-state index is 11.2. The summed E-state index contributed by atoms with van der Waals surface area (Å²) in [5.74, 6) is 0.174. The van der Waals surface area contributed by atoms with Crippen LogP contribution in [0.25, 0.3) is 10.8 Å². The molecule has 0 radical (unpaired) electrons. The third-order valence-corrected chi connectivity index (χ3v) is 3.77. The van der Waals surface area contributed by atoms with Gasteiger partial charge in [-0.15, -0.1) is 0 Å². The van der Waals surface area contributed by atoms with Crippen LogP contribution in [0.1, 0.15) is 32.1 Å². The number of benzene rings is 1. The zero-order valence-electron chi connectivity index (χ0n) is 11.9. The van der Waals surface area contributed by atoms with Crippen LogP contribution in [0.5, 0.6) is 5.75 Å². The molecule has 1 aromatic carbocycles. The summed E-state index contributed by atoms with van der Waals surface area (Å²) in [7, 11) is 2.07. The van der Waals surface area contributed by atoms with E-state index in [0.717, 1.165) is 11.4 Å². The number of H-pyrrole nitrogens is 1. The maximum Gasteiger partial charge on any atom is 0.255 e. The van der Waals surface area contributed by atoms with E-state index in [4.69, 9.17) is 5.11 Å². The average Bonchev–Trinajstić information content (AvgIpc) is 2.49. The summed E-state index contributed by atoms with van der Waals surface area (Å²) in [5, 5.41) is 13.8. The minimum absolute atomic E-state index is 0.132. The van der Waals surface area contributed by atoms with Gasteiger partial charge in [0.15, 0.2) is 0 Å². The molecule has 2 aromatic rings. The van der Waals surface area contributed by atoms with E-state index >= 15 is 0 Å². The zero-order chi connectivity index (χ0) is 14.4. The van der Waals surface area contributed by atoms with Crippen molar-refractivity contribution in [1.29, 1.82) is 0 Å². The van der Waals surface area contributed by atoms with Crippen molar-refractivity contribution >= 4 is 10.8 Å². The zero-order valence-corrected chi connectivity index (χ0v) is 11.9. The smallest absolute Gasteiger partial charge is 0.255 e. The van der Waals surface area contributed by atoms with E-state index in [2.05, 4.69) is 17.3 Å². The first-order chi connectivity index (χ1) is 9.70. The topological polar surface area (TPSA) is 65.1 Å². The monoisotopic (exact) mass is 274 g/mol. The van der Waals surface area contributed by atoms with Crippen LogP contribution in [0.2, 0.25) is 0 Å². The molecule has 1 aromatic heterocycles. The van der Waals surface area contributed by atoms with Gasteiger partial charge in [0.2, 0.25) is 0 Å². The molecule has 1 aliphatic rings. The Morgan fingerprint density at radius 2 is 1.95 bits per heavy atom. The fourth-order valence-corrected chi connectivity index (χ4v) is 2.57. The van der Waals surface area contributed by atoms with E-state index in [0.29, 0.717) is 5.39 Å². The third kappa shape index (κ3) is 3.84. The molecule has 4 heteroatoms. The van der Waals surface area contributed by atoms with Gasteiger partial charge >= 0.3 is 0 Å². The average molecular weight is 274 g/mol. The first-order valence-corrected chi connectivity index (χ1v) is 7.18. The summed E-state index contributed by atoms with van der Waals surface area (Å²) in [4.78, 5) is 13.7. The molecule has 3 rings (SSSR count). The van der Waals surface area contributed by atoms with Crippen molar-refractivity contribution in [2.45, 2.75) is 38.1 Å². The number of nitrogens with one attached hydrogen (secondary N) is 2. The van der Waals surface area contributed by atoms with Gasteiger partial charge in [-0.05, 0) is 49.5 Å². The second-order valence-corrected chi connectivity index (χ2v) is 5.20. The Morgan fingerprint density at radius 1 is 1.20 bits per heavy atom. The summed E-state index contributed by atoms with van der Waals surface area (Å²) in [6.45, 7) is 0. The Balaban J connectivity index is 0.000000160. The van der Waals surface area contributed by atoms with Crippen molar-refractivity contribution < 1.29 is 5.11 Å². The number of hydrogen-bond acceptors (Lipinski definition) is 3. The van der Waals surface area contributed by atoms with Crippen LogP contribution in [-0.4, -0.2) is 23.2 Å². The van der Waals surface area contributed by atoms with Crippen molar-refractivity contribution in [3.63, 3.8) is 0 Å². The first kappa shape index (κ1) is 14.6. The number of pyridine rings is 1. The van der Waals surface area contributed by atoms with Gasteiger partial charge in [-0.25, -0.2) is 0 Å². The molecule has 0 amide bonds. The molecular formula is C16H22N2O2. The van der Waals surface area contributed by atoms with Crippen molar-refractivity contribution in [2.75, 3.05) is 7.05 Å². The van der Waals surface area contributed by atoms with Crippen LogP contribution in [-0.2, 0) is 0 Å². The SMILES string of the molecule is CNC1CCCCC1.O=c1[nH]ccc2cc(O)ccc12. The van der Waals surface area contributed by atoms with Gasteiger partial charge < -0.3 is 15.4 Å². The van der Waals surface area contributed by atoms with E-state index in [9.17, 15) is 4.79 Å². The van der Waals surface area contributed by atoms with E-state index in [-0.39, 0.29) is 11.3 Å². The van der Waals surface area contributed by atoms with Gasteiger partial charge in [-0.1, -0.05) is 19.3 Å². The molecule has 1 fully saturated rings. The molecule has 0 bridgehead atoms. The number of aromatic nitrogens is 1. The lowest BCUT2D eigenvalue weighted by atomic mass is 9.96. The lowest BCUT2D eigenvalue weighted by Crippen LogP contribution is -2.26. The highest BCUT2D eigenvalue weighted by Gasteiger charge is 2.09. The molecule has 0 atom stereocenters. The lowest BCUT2D eigenvalue weighted by molar-refractivity contribution is 0.394. The largest absolute Gasteiger partial charge is 0.508 e. The first-order valence-electron chi connectivity index (χ1n) is 7.18. The maximum atomic E-state index is 11.2. The Bertz CT molecular complexity index is 601. The fourth-order valence-electron chi connectivity index (χ4n) is 2.57. The van der Waals surface area contributed by atoms with Crippen molar-refractivity contribution in [2.24, 2.45) is 0 Å². The number of aromatic amines is 1. The Labute approximate surface area is 118 Å². The summed E-state index contributed by atoms with van der Waals surface area (Å²) >= 11 is 0. The van der Waals surface area contributed by atoms with Crippen molar-refractivity contribution in [1.82, 2.24) is 10.3 Å². The predicted octanol–water partition coefficient (Wildman–Crippen LogP) is 2.77. The standard InChI is InChI=1S/C9H7NO2.C7H15N/c11-7-1-2-8-6(5-7)3-4-10-9(8)12;1-8-7-5-3-2-4-6-7/h1-5,11H,(H,10,12);7-8H,2-6H2,1H3. The highest BCUT2D eigenvalue weighted by Crippen LogP contribution is 2.16. The molecule has 0 aliphatic heterocycles. The molecule has 108 valence electrons. The second kappa shape index (κ2) is 7.10. The summed E-state index contributed by atoms with van der Waals surface area (Å²) in [6.07, 6.45) is 8.69. The highest BCUT2D eigenvalue weighted by molar-refractivity contribution is 5.82. The lowest BCUT2D eigenvalue weighted by Gasteiger charge is -2.20. The molecule has 1 saturated carbocycles. The van der Waals surface area contributed by atoms with Crippen LogP contribution in [0.15, 0.2) is 35.3 Å². The molecular weight excluding hydrogens is 252 g/mol. The molecule has 1 aliphatic carbocycles. The molecule has 0 spiro atoms. The fraction of sp³-hybridized carbons (Fsp3) is 0.438. The van der Waals surface area contributed by atoms with Crippen LogP contribution < -0.4 is 10.9 Å². The minimum atomic E-state index is -0.132. The van der Waals surface area contributed by atoms with Gasteiger partial charge in [0.25, 0.3) is 5.56 Å². The van der Waals surface area contributed by atoms with E-state index in [1.165, 1.54) is 38.2 Å². The second-order valence-electron chi connectivity index (χ2n) is 5.20. The van der Waals surface area contributed by atoms with Gasteiger partial charge in [-0.2, -0.15) is 0 Å². The van der Waals surface area contributed by atoms with E-state index in [1.807, 2.05) is 0 Å². The van der Waals surface area contributed by atoms with Gasteiger partial charge in [0.05, 0.1) is 0 Å². The third-order valence-electron chi connectivity index (χ3n) is 3.77. The summed E-state index contributed by atoms with van der Waals surface area (Å²) in [6, 6.07) is 7.24. The predicted molar refractivity (Wildman–Crippen MR) is 82.2 cm³/mol.